The molecule has 0 unspecified atom stereocenters. The van der Waals surface area contributed by atoms with Crippen molar-refractivity contribution in [2.45, 2.75) is 44.6 Å². The molecule has 0 aromatic heterocycles. The Morgan fingerprint density at radius 1 is 1.09 bits per heavy atom. The van der Waals surface area contributed by atoms with Crippen LogP contribution in [0.25, 0.3) is 0 Å². The Kier molecular flexibility index (Phi) is 5.21. The Labute approximate surface area is 142 Å². The molecule has 23 heavy (non-hydrogen) atoms. The Hall–Kier alpha value is -1.55. The van der Waals surface area contributed by atoms with E-state index in [2.05, 4.69) is 4.90 Å². The van der Waals surface area contributed by atoms with Gasteiger partial charge in [0.15, 0.2) is 0 Å². The summed E-state index contributed by atoms with van der Waals surface area (Å²) in [6, 6.07) is 7.39. The number of halogens is 1. The van der Waals surface area contributed by atoms with Crippen molar-refractivity contribution in [3.05, 3.63) is 34.9 Å². The number of amides is 2. The number of carbonyl (C=O) groups is 2. The zero-order chi connectivity index (χ0) is 16.2. The van der Waals surface area contributed by atoms with Gasteiger partial charge in [-0.05, 0) is 43.9 Å². The van der Waals surface area contributed by atoms with E-state index < -0.39 is 0 Å². The number of nitrogens with zero attached hydrogens (tertiary/aromatic N) is 2. The highest BCUT2D eigenvalue weighted by Crippen LogP contribution is 2.23. The molecule has 2 saturated heterocycles. The molecule has 0 spiro atoms. The van der Waals surface area contributed by atoms with E-state index in [1.807, 2.05) is 4.90 Å². The summed E-state index contributed by atoms with van der Waals surface area (Å²) in [6.45, 7) is 2.30. The van der Waals surface area contributed by atoms with Crippen molar-refractivity contribution >= 4 is 23.4 Å². The number of likely N-dealkylation sites (tertiary alicyclic amines) is 2. The third-order valence-electron chi connectivity index (χ3n) is 4.87. The highest BCUT2D eigenvalue weighted by Gasteiger charge is 2.30. The maximum Gasteiger partial charge on any atom is 0.253 e. The first kappa shape index (κ1) is 16.3. The number of benzene rings is 1. The lowest BCUT2D eigenvalue weighted by Crippen LogP contribution is -2.48. The summed E-state index contributed by atoms with van der Waals surface area (Å²) >= 11 is 5.97. The van der Waals surface area contributed by atoms with Gasteiger partial charge in [-0.2, -0.15) is 0 Å². The molecule has 5 heteroatoms. The van der Waals surface area contributed by atoms with Crippen molar-refractivity contribution in [1.29, 1.82) is 0 Å². The second kappa shape index (κ2) is 7.35. The first-order valence-electron chi connectivity index (χ1n) is 8.49. The van der Waals surface area contributed by atoms with Crippen molar-refractivity contribution in [2.24, 2.45) is 0 Å². The number of rotatable bonds is 2. The second-order valence-corrected chi connectivity index (χ2v) is 6.87. The molecule has 0 atom stereocenters. The number of hydrogen-bond donors (Lipinski definition) is 0. The lowest BCUT2D eigenvalue weighted by atomic mass is 10.0. The van der Waals surface area contributed by atoms with Crippen LogP contribution < -0.4 is 0 Å². The zero-order valence-electron chi connectivity index (χ0n) is 13.3. The quantitative estimate of drug-likeness (QED) is 0.832. The standard InChI is InChI=1S/C18H23ClN2O2/c19-15-6-4-5-14(13-15)18(23)20-11-8-16(9-12-20)21-10-3-1-2-7-17(21)22/h4-6,13,16H,1-3,7-12H2. The molecule has 0 radical (unpaired) electrons. The monoisotopic (exact) mass is 334 g/mol. The van der Waals surface area contributed by atoms with Gasteiger partial charge in [-0.1, -0.05) is 24.1 Å². The molecule has 3 rings (SSSR count). The minimum absolute atomic E-state index is 0.0353. The maximum absolute atomic E-state index is 12.5. The van der Waals surface area contributed by atoms with E-state index in [4.69, 9.17) is 11.6 Å². The minimum Gasteiger partial charge on any atom is -0.340 e. The topological polar surface area (TPSA) is 40.6 Å². The largest absolute Gasteiger partial charge is 0.340 e. The molecule has 0 saturated carbocycles. The molecule has 0 bridgehead atoms. The summed E-state index contributed by atoms with van der Waals surface area (Å²) in [6.07, 6.45) is 5.70. The van der Waals surface area contributed by atoms with Gasteiger partial charge in [0.25, 0.3) is 5.91 Å². The van der Waals surface area contributed by atoms with E-state index in [1.54, 1.807) is 24.3 Å². The predicted octanol–water partition coefficient (Wildman–Crippen LogP) is 3.35. The molecule has 2 aliphatic rings. The van der Waals surface area contributed by atoms with Gasteiger partial charge in [-0.3, -0.25) is 9.59 Å². The molecule has 1 aromatic carbocycles. The molecule has 2 amide bonds. The van der Waals surface area contributed by atoms with Crippen LogP contribution >= 0.6 is 11.6 Å². The zero-order valence-corrected chi connectivity index (χ0v) is 14.1. The van der Waals surface area contributed by atoms with Gasteiger partial charge in [0, 0.05) is 42.7 Å². The highest BCUT2D eigenvalue weighted by atomic mass is 35.5. The molecule has 1 aromatic rings. The molecule has 2 aliphatic heterocycles. The fraction of sp³-hybridized carbons (Fsp3) is 0.556. The summed E-state index contributed by atoms with van der Waals surface area (Å²) in [4.78, 5) is 28.7. The fourth-order valence-corrected chi connectivity index (χ4v) is 3.76. The molecular formula is C18H23ClN2O2. The van der Waals surface area contributed by atoms with Crippen LogP contribution in [0.3, 0.4) is 0 Å². The molecule has 0 aliphatic carbocycles. The van der Waals surface area contributed by atoms with Gasteiger partial charge >= 0.3 is 0 Å². The number of carbonyl (C=O) groups excluding carboxylic acids is 2. The van der Waals surface area contributed by atoms with Crippen LogP contribution in [0.5, 0.6) is 0 Å². The summed E-state index contributed by atoms with van der Waals surface area (Å²) in [7, 11) is 0. The molecule has 2 heterocycles. The second-order valence-electron chi connectivity index (χ2n) is 6.43. The Bertz CT molecular complexity index is 582. The average molecular weight is 335 g/mol. The molecule has 0 N–H and O–H groups in total. The smallest absolute Gasteiger partial charge is 0.253 e. The highest BCUT2D eigenvalue weighted by molar-refractivity contribution is 6.30. The lowest BCUT2D eigenvalue weighted by Gasteiger charge is -2.38. The average Bonchev–Trinajstić information content (AvgIpc) is 2.79. The Morgan fingerprint density at radius 3 is 2.61 bits per heavy atom. The van der Waals surface area contributed by atoms with Crippen LogP contribution in [0.15, 0.2) is 24.3 Å². The third kappa shape index (κ3) is 3.86. The molecule has 4 nitrogen and oxygen atoms in total. The maximum atomic E-state index is 12.5. The van der Waals surface area contributed by atoms with Crippen LogP contribution in [0.2, 0.25) is 5.02 Å². The van der Waals surface area contributed by atoms with Crippen LogP contribution in [0.1, 0.15) is 48.9 Å². The third-order valence-corrected chi connectivity index (χ3v) is 5.11. The van der Waals surface area contributed by atoms with Crippen LogP contribution in [0, 0.1) is 0 Å². The number of piperidine rings is 1. The summed E-state index contributed by atoms with van der Waals surface area (Å²) in [5.74, 6) is 0.329. The van der Waals surface area contributed by atoms with E-state index in [0.717, 1.165) is 38.6 Å². The van der Waals surface area contributed by atoms with E-state index in [0.29, 0.717) is 42.0 Å². The first-order valence-corrected chi connectivity index (χ1v) is 8.87. The van der Waals surface area contributed by atoms with Crippen LogP contribution in [-0.2, 0) is 4.79 Å². The summed E-state index contributed by atoms with van der Waals surface area (Å²) in [5.41, 5.74) is 0.641. The Morgan fingerprint density at radius 2 is 1.87 bits per heavy atom. The van der Waals surface area contributed by atoms with Gasteiger partial charge < -0.3 is 9.80 Å². The van der Waals surface area contributed by atoms with Gasteiger partial charge in [-0.15, -0.1) is 0 Å². The van der Waals surface area contributed by atoms with E-state index >= 15 is 0 Å². The molecular weight excluding hydrogens is 312 g/mol. The first-order chi connectivity index (χ1) is 11.1. The molecule has 124 valence electrons. The van der Waals surface area contributed by atoms with Gasteiger partial charge in [0.2, 0.25) is 5.91 Å². The van der Waals surface area contributed by atoms with Crippen LogP contribution in [0.4, 0.5) is 0 Å². The fourth-order valence-electron chi connectivity index (χ4n) is 3.57. The van der Waals surface area contributed by atoms with E-state index in [-0.39, 0.29) is 5.91 Å². The minimum atomic E-state index is 0.0353. The van der Waals surface area contributed by atoms with Crippen molar-refractivity contribution in [3.63, 3.8) is 0 Å². The van der Waals surface area contributed by atoms with Gasteiger partial charge in [-0.25, -0.2) is 0 Å². The van der Waals surface area contributed by atoms with Crippen molar-refractivity contribution in [3.8, 4) is 0 Å². The van der Waals surface area contributed by atoms with E-state index in [9.17, 15) is 9.59 Å². The van der Waals surface area contributed by atoms with E-state index in [1.165, 1.54) is 0 Å². The summed E-state index contributed by atoms with van der Waals surface area (Å²) < 4.78 is 0. The van der Waals surface area contributed by atoms with Crippen LogP contribution in [-0.4, -0.2) is 47.3 Å². The lowest BCUT2D eigenvalue weighted by molar-refractivity contribution is -0.133. The normalized spacial score (nSPS) is 20.5. The van der Waals surface area contributed by atoms with Crippen molar-refractivity contribution in [1.82, 2.24) is 9.80 Å². The summed E-state index contributed by atoms with van der Waals surface area (Å²) in [5, 5.41) is 0.584. The van der Waals surface area contributed by atoms with Crippen molar-refractivity contribution in [2.75, 3.05) is 19.6 Å². The predicted molar refractivity (Wildman–Crippen MR) is 90.6 cm³/mol. The van der Waals surface area contributed by atoms with Crippen molar-refractivity contribution < 1.29 is 9.59 Å². The molecule has 2 fully saturated rings. The SMILES string of the molecule is O=C(c1cccc(Cl)c1)N1CCC(N2CCCCCC2=O)CC1. The Balaban J connectivity index is 1.59. The van der Waals surface area contributed by atoms with Gasteiger partial charge in [0.1, 0.15) is 0 Å². The van der Waals surface area contributed by atoms with Gasteiger partial charge in [0.05, 0.1) is 0 Å². The number of hydrogen-bond acceptors (Lipinski definition) is 2.